The molecule has 140 valence electrons. The van der Waals surface area contributed by atoms with Crippen molar-refractivity contribution in [2.75, 3.05) is 6.26 Å². The van der Waals surface area contributed by atoms with E-state index in [0.717, 1.165) is 25.2 Å². The van der Waals surface area contributed by atoms with Crippen molar-refractivity contribution in [3.05, 3.63) is 54.1 Å². The van der Waals surface area contributed by atoms with Gasteiger partial charge in [-0.1, -0.05) is 37.5 Å². The molecule has 0 unspecified atom stereocenters. The highest BCUT2D eigenvalue weighted by Crippen LogP contribution is 2.33. The summed E-state index contributed by atoms with van der Waals surface area (Å²) in [5.74, 6) is 0.746. The first kappa shape index (κ1) is 18.9. The van der Waals surface area contributed by atoms with Crippen LogP contribution in [-0.2, 0) is 20.0 Å². The summed E-state index contributed by atoms with van der Waals surface area (Å²) in [6.45, 7) is 0. The SMILES string of the molecule is CS(=O)(=O)c1cccc(S(=O)(=O)Oc2ccc(C3CCCCC3)cc2)c1. The van der Waals surface area contributed by atoms with Gasteiger partial charge in [0.25, 0.3) is 0 Å². The summed E-state index contributed by atoms with van der Waals surface area (Å²) >= 11 is 0. The second-order valence-electron chi connectivity index (χ2n) is 6.69. The van der Waals surface area contributed by atoms with Crippen LogP contribution in [0.2, 0.25) is 0 Å². The van der Waals surface area contributed by atoms with Crippen molar-refractivity contribution >= 4 is 20.0 Å². The van der Waals surface area contributed by atoms with Crippen LogP contribution in [0.5, 0.6) is 5.75 Å². The Morgan fingerprint density at radius 3 is 2.08 bits per heavy atom. The Morgan fingerprint density at radius 2 is 1.46 bits per heavy atom. The highest BCUT2D eigenvalue weighted by Gasteiger charge is 2.20. The minimum Gasteiger partial charge on any atom is -0.379 e. The minimum atomic E-state index is -4.10. The number of benzene rings is 2. The molecule has 0 amide bonds. The second-order valence-corrected chi connectivity index (χ2v) is 10.3. The van der Waals surface area contributed by atoms with Gasteiger partial charge in [-0.3, -0.25) is 0 Å². The lowest BCUT2D eigenvalue weighted by Gasteiger charge is -2.22. The van der Waals surface area contributed by atoms with Gasteiger partial charge in [-0.2, -0.15) is 8.42 Å². The van der Waals surface area contributed by atoms with Crippen molar-refractivity contribution in [2.45, 2.75) is 47.8 Å². The molecule has 1 aliphatic carbocycles. The smallest absolute Gasteiger partial charge is 0.339 e. The van der Waals surface area contributed by atoms with E-state index in [4.69, 9.17) is 4.18 Å². The molecular formula is C19H22O5S2. The molecule has 5 nitrogen and oxygen atoms in total. The van der Waals surface area contributed by atoms with E-state index >= 15 is 0 Å². The fraction of sp³-hybridized carbons (Fsp3) is 0.368. The van der Waals surface area contributed by atoms with Crippen LogP contribution in [0.3, 0.4) is 0 Å². The van der Waals surface area contributed by atoms with Gasteiger partial charge in [-0.15, -0.1) is 0 Å². The number of hydrogen-bond donors (Lipinski definition) is 0. The van der Waals surface area contributed by atoms with Crippen LogP contribution in [-0.4, -0.2) is 23.1 Å². The lowest BCUT2D eigenvalue weighted by molar-refractivity contribution is 0.443. The van der Waals surface area contributed by atoms with Crippen LogP contribution in [0, 0.1) is 0 Å². The van der Waals surface area contributed by atoms with Crippen molar-refractivity contribution in [1.82, 2.24) is 0 Å². The molecule has 0 bridgehead atoms. The average Bonchev–Trinajstić information content (AvgIpc) is 2.62. The van der Waals surface area contributed by atoms with Crippen molar-refractivity contribution < 1.29 is 21.0 Å². The number of hydrogen-bond acceptors (Lipinski definition) is 5. The molecule has 2 aromatic rings. The lowest BCUT2D eigenvalue weighted by Crippen LogP contribution is -2.11. The topological polar surface area (TPSA) is 77.5 Å². The Balaban J connectivity index is 1.79. The Labute approximate surface area is 155 Å². The van der Waals surface area contributed by atoms with Gasteiger partial charge < -0.3 is 4.18 Å². The fourth-order valence-corrected chi connectivity index (χ4v) is 4.99. The van der Waals surface area contributed by atoms with Gasteiger partial charge in [0.15, 0.2) is 9.84 Å². The van der Waals surface area contributed by atoms with E-state index in [1.807, 2.05) is 12.1 Å². The summed E-state index contributed by atoms with van der Waals surface area (Å²) in [7, 11) is -7.59. The zero-order chi connectivity index (χ0) is 18.8. The first-order valence-corrected chi connectivity index (χ1v) is 11.9. The van der Waals surface area contributed by atoms with Crippen LogP contribution in [0.15, 0.2) is 58.3 Å². The summed E-state index contributed by atoms with van der Waals surface area (Å²) in [4.78, 5) is -0.244. The van der Waals surface area contributed by atoms with Crippen molar-refractivity contribution in [3.63, 3.8) is 0 Å². The molecule has 0 aromatic heterocycles. The van der Waals surface area contributed by atoms with Gasteiger partial charge in [0.1, 0.15) is 10.6 Å². The maximum atomic E-state index is 12.5. The Bertz CT molecular complexity index is 971. The van der Waals surface area contributed by atoms with E-state index in [1.165, 1.54) is 43.0 Å². The van der Waals surface area contributed by atoms with Crippen LogP contribution >= 0.6 is 0 Å². The van der Waals surface area contributed by atoms with Crippen LogP contribution in [0.1, 0.15) is 43.6 Å². The molecule has 2 aromatic carbocycles. The van der Waals surface area contributed by atoms with Crippen molar-refractivity contribution in [3.8, 4) is 5.75 Å². The molecular weight excluding hydrogens is 372 g/mol. The van der Waals surface area contributed by atoms with Gasteiger partial charge in [0.05, 0.1) is 4.90 Å². The van der Waals surface area contributed by atoms with Gasteiger partial charge in [-0.05, 0) is 54.7 Å². The largest absolute Gasteiger partial charge is 0.379 e. The molecule has 26 heavy (non-hydrogen) atoms. The molecule has 1 aliphatic rings. The molecule has 0 radical (unpaired) electrons. The van der Waals surface area contributed by atoms with E-state index in [0.29, 0.717) is 5.92 Å². The third kappa shape index (κ3) is 4.45. The summed E-state index contributed by atoms with van der Waals surface area (Å²) in [6, 6.07) is 12.3. The first-order valence-electron chi connectivity index (χ1n) is 8.60. The molecule has 0 spiro atoms. The predicted molar refractivity (Wildman–Crippen MR) is 99.6 cm³/mol. The highest BCUT2D eigenvalue weighted by atomic mass is 32.2. The van der Waals surface area contributed by atoms with Gasteiger partial charge >= 0.3 is 10.1 Å². The molecule has 7 heteroatoms. The number of sulfone groups is 1. The fourth-order valence-electron chi connectivity index (χ4n) is 3.27. The third-order valence-corrected chi connectivity index (χ3v) is 7.04. The van der Waals surface area contributed by atoms with E-state index in [-0.39, 0.29) is 15.5 Å². The minimum absolute atomic E-state index is 0.0604. The summed E-state index contributed by atoms with van der Waals surface area (Å²) in [5, 5.41) is 0. The summed E-state index contributed by atoms with van der Waals surface area (Å²) in [5.41, 5.74) is 1.20. The molecule has 1 fully saturated rings. The van der Waals surface area contributed by atoms with Crippen LogP contribution in [0.25, 0.3) is 0 Å². The van der Waals surface area contributed by atoms with Gasteiger partial charge in [0.2, 0.25) is 0 Å². The monoisotopic (exact) mass is 394 g/mol. The van der Waals surface area contributed by atoms with Crippen molar-refractivity contribution in [2.24, 2.45) is 0 Å². The normalized spacial score (nSPS) is 16.3. The molecule has 0 aliphatic heterocycles. The number of rotatable bonds is 5. The first-order chi connectivity index (χ1) is 12.3. The zero-order valence-electron chi connectivity index (χ0n) is 14.6. The lowest BCUT2D eigenvalue weighted by atomic mass is 9.84. The summed E-state index contributed by atoms with van der Waals surface area (Å²) in [6.07, 6.45) is 7.10. The van der Waals surface area contributed by atoms with E-state index < -0.39 is 20.0 Å². The van der Waals surface area contributed by atoms with Crippen LogP contribution < -0.4 is 4.18 Å². The van der Waals surface area contributed by atoms with E-state index in [2.05, 4.69) is 0 Å². The Hall–Kier alpha value is -1.86. The molecule has 0 saturated heterocycles. The standard InChI is InChI=1S/C19H22O5S2/c1-25(20,21)18-8-5-9-19(14-18)26(22,23)24-17-12-10-16(11-13-17)15-6-3-2-4-7-15/h5,8-15H,2-4,6-7H2,1H3. The maximum Gasteiger partial charge on any atom is 0.339 e. The molecule has 0 atom stereocenters. The maximum absolute atomic E-state index is 12.5. The third-order valence-electron chi connectivity index (χ3n) is 4.68. The van der Waals surface area contributed by atoms with E-state index in [9.17, 15) is 16.8 Å². The van der Waals surface area contributed by atoms with E-state index in [1.54, 1.807) is 12.1 Å². The van der Waals surface area contributed by atoms with Crippen LogP contribution in [0.4, 0.5) is 0 Å². The summed E-state index contributed by atoms with van der Waals surface area (Å²) < 4.78 is 53.3. The predicted octanol–water partition coefficient (Wildman–Crippen LogP) is 3.91. The molecule has 0 N–H and O–H groups in total. The van der Waals surface area contributed by atoms with Gasteiger partial charge in [-0.25, -0.2) is 8.42 Å². The molecule has 3 rings (SSSR count). The average molecular weight is 395 g/mol. The Morgan fingerprint density at radius 1 is 0.846 bits per heavy atom. The van der Waals surface area contributed by atoms with Gasteiger partial charge in [0, 0.05) is 6.26 Å². The second kappa shape index (κ2) is 7.40. The van der Waals surface area contributed by atoms with Crippen molar-refractivity contribution in [1.29, 1.82) is 0 Å². The molecule has 0 heterocycles. The molecule has 1 saturated carbocycles. The zero-order valence-corrected chi connectivity index (χ0v) is 16.2. The Kier molecular flexibility index (Phi) is 5.39. The highest BCUT2D eigenvalue weighted by molar-refractivity contribution is 7.90. The quantitative estimate of drug-likeness (QED) is 0.719.